The zero-order chi connectivity index (χ0) is 18.7. The van der Waals surface area contributed by atoms with Gasteiger partial charge in [-0.3, -0.25) is 0 Å². The molecule has 0 unspecified atom stereocenters. The molecular weight excluding hydrogens is 369 g/mol. The number of nitrogens with zero attached hydrogens (tertiary/aromatic N) is 2. The average molecular weight is 381 g/mol. The van der Waals surface area contributed by atoms with Gasteiger partial charge in [-0.25, -0.2) is 9.97 Å². The van der Waals surface area contributed by atoms with E-state index < -0.39 is 6.36 Å². The van der Waals surface area contributed by atoms with E-state index in [0.717, 1.165) is 0 Å². The summed E-state index contributed by atoms with van der Waals surface area (Å²) in [6, 6.07) is 12.4. The van der Waals surface area contributed by atoms with Gasteiger partial charge in [-0.05, 0) is 36.4 Å². The number of methoxy groups -OCH3 is 1. The lowest BCUT2D eigenvalue weighted by Crippen LogP contribution is -2.17. The lowest BCUT2D eigenvalue weighted by Gasteiger charge is -2.12. The first-order valence-corrected chi connectivity index (χ1v) is 7.76. The summed E-state index contributed by atoms with van der Waals surface area (Å²) in [6.45, 7) is 0. The number of hydrogen-bond donors (Lipinski definition) is 0. The Kier molecular flexibility index (Phi) is 4.99. The Morgan fingerprint density at radius 2 is 1.73 bits per heavy atom. The number of hydrogen-bond acceptors (Lipinski definition) is 4. The molecule has 1 heterocycles. The largest absolute Gasteiger partial charge is 0.573 e. The van der Waals surface area contributed by atoms with E-state index in [9.17, 15) is 13.2 Å². The Bertz CT molecular complexity index is 915. The molecule has 0 saturated carbocycles. The van der Waals surface area contributed by atoms with E-state index in [-0.39, 0.29) is 5.75 Å². The van der Waals surface area contributed by atoms with Crippen molar-refractivity contribution in [3.8, 4) is 34.1 Å². The summed E-state index contributed by atoms with van der Waals surface area (Å²) < 4.78 is 46.6. The molecule has 26 heavy (non-hydrogen) atoms. The topological polar surface area (TPSA) is 44.2 Å². The van der Waals surface area contributed by atoms with Gasteiger partial charge in [0.05, 0.1) is 13.3 Å². The molecule has 0 fully saturated rings. The first-order valence-electron chi connectivity index (χ1n) is 7.39. The molecule has 2 aromatic carbocycles. The van der Waals surface area contributed by atoms with Crippen LogP contribution < -0.4 is 9.47 Å². The molecule has 1 aromatic heterocycles. The van der Waals surface area contributed by atoms with Crippen molar-refractivity contribution < 1.29 is 22.6 Å². The van der Waals surface area contributed by atoms with Gasteiger partial charge in [0.1, 0.15) is 11.4 Å². The summed E-state index contributed by atoms with van der Waals surface area (Å²) in [7, 11) is 1.43. The Balaban J connectivity index is 2.04. The van der Waals surface area contributed by atoms with Crippen LogP contribution in [0.3, 0.4) is 0 Å². The van der Waals surface area contributed by atoms with Gasteiger partial charge in [-0.15, -0.1) is 13.2 Å². The number of benzene rings is 2. The predicted octanol–water partition coefficient (Wildman–Crippen LogP) is 5.37. The molecule has 0 aliphatic carbocycles. The van der Waals surface area contributed by atoms with E-state index in [1.807, 2.05) is 0 Å². The summed E-state index contributed by atoms with van der Waals surface area (Å²) >= 11 is 5.88. The lowest BCUT2D eigenvalue weighted by atomic mass is 10.1. The van der Waals surface area contributed by atoms with E-state index in [0.29, 0.717) is 33.4 Å². The van der Waals surface area contributed by atoms with Crippen molar-refractivity contribution in [3.63, 3.8) is 0 Å². The van der Waals surface area contributed by atoms with Crippen LogP contribution in [0.15, 0.2) is 54.7 Å². The Hall–Kier alpha value is -2.80. The average Bonchev–Trinajstić information content (AvgIpc) is 2.60. The zero-order valence-corrected chi connectivity index (χ0v) is 14.2. The quantitative estimate of drug-likeness (QED) is 0.610. The van der Waals surface area contributed by atoms with Crippen LogP contribution in [-0.4, -0.2) is 23.4 Å². The highest BCUT2D eigenvalue weighted by atomic mass is 35.5. The van der Waals surface area contributed by atoms with Gasteiger partial charge in [0.15, 0.2) is 11.6 Å². The monoisotopic (exact) mass is 380 g/mol. The highest BCUT2D eigenvalue weighted by Gasteiger charge is 2.31. The fourth-order valence-corrected chi connectivity index (χ4v) is 2.43. The molecule has 3 rings (SSSR count). The number of aromatic nitrogens is 2. The number of rotatable bonds is 4. The molecule has 4 nitrogen and oxygen atoms in total. The molecule has 0 radical (unpaired) electrons. The summed E-state index contributed by atoms with van der Waals surface area (Å²) in [5.41, 5.74) is 1.46. The van der Waals surface area contributed by atoms with Gasteiger partial charge in [0.25, 0.3) is 0 Å². The second-order valence-corrected chi connectivity index (χ2v) is 5.63. The normalized spacial score (nSPS) is 11.3. The second kappa shape index (κ2) is 7.21. The van der Waals surface area contributed by atoms with Crippen LogP contribution >= 0.6 is 11.6 Å². The van der Waals surface area contributed by atoms with Crippen molar-refractivity contribution in [1.29, 1.82) is 0 Å². The Labute approximate surface area is 152 Å². The molecule has 8 heteroatoms. The van der Waals surface area contributed by atoms with Crippen LogP contribution in [0.2, 0.25) is 5.02 Å². The minimum atomic E-state index is -4.77. The Morgan fingerprint density at radius 3 is 2.38 bits per heavy atom. The van der Waals surface area contributed by atoms with Crippen molar-refractivity contribution >= 4 is 11.6 Å². The molecule has 0 amide bonds. The molecule has 0 saturated heterocycles. The zero-order valence-electron chi connectivity index (χ0n) is 13.4. The number of alkyl halides is 3. The maximum absolute atomic E-state index is 12.5. The molecule has 3 aromatic rings. The lowest BCUT2D eigenvalue weighted by molar-refractivity contribution is -0.274. The summed E-state index contributed by atoms with van der Waals surface area (Å²) in [5, 5.41) is 0.569. The molecule has 0 N–H and O–H groups in total. The second-order valence-electron chi connectivity index (χ2n) is 5.19. The molecule has 0 aliphatic rings. The van der Waals surface area contributed by atoms with E-state index in [4.69, 9.17) is 16.3 Å². The van der Waals surface area contributed by atoms with Gasteiger partial charge >= 0.3 is 6.36 Å². The Morgan fingerprint density at radius 1 is 1.00 bits per heavy atom. The number of halogens is 4. The van der Waals surface area contributed by atoms with Gasteiger partial charge in [-0.2, -0.15) is 0 Å². The van der Waals surface area contributed by atoms with Gasteiger partial charge in [-0.1, -0.05) is 23.7 Å². The maximum atomic E-state index is 12.5. The van der Waals surface area contributed by atoms with Crippen LogP contribution in [0, 0.1) is 0 Å². The van der Waals surface area contributed by atoms with E-state index in [2.05, 4.69) is 14.7 Å². The van der Waals surface area contributed by atoms with Crippen LogP contribution in [0.25, 0.3) is 22.6 Å². The van der Waals surface area contributed by atoms with Gasteiger partial charge < -0.3 is 9.47 Å². The third-order valence-electron chi connectivity index (χ3n) is 3.42. The standard InChI is InChI=1S/C18H12ClF3N2O2/c1-25-15-10-23-17(11-5-7-13(19)8-6-11)24-16(15)12-3-2-4-14(9-12)26-18(20,21)22/h2-10H,1H3. The van der Waals surface area contributed by atoms with Crippen molar-refractivity contribution in [2.24, 2.45) is 0 Å². The minimum absolute atomic E-state index is 0.326. The molecule has 0 bridgehead atoms. The summed E-state index contributed by atoms with van der Waals surface area (Å²) in [6.07, 6.45) is -3.31. The molecule has 0 aliphatic heterocycles. The van der Waals surface area contributed by atoms with Crippen molar-refractivity contribution in [1.82, 2.24) is 9.97 Å². The van der Waals surface area contributed by atoms with E-state index in [1.54, 1.807) is 30.3 Å². The smallest absolute Gasteiger partial charge is 0.493 e. The van der Waals surface area contributed by atoms with Crippen LogP contribution in [-0.2, 0) is 0 Å². The van der Waals surface area contributed by atoms with Crippen molar-refractivity contribution in [3.05, 3.63) is 59.8 Å². The maximum Gasteiger partial charge on any atom is 0.573 e. The SMILES string of the molecule is COc1cnc(-c2ccc(Cl)cc2)nc1-c1cccc(OC(F)(F)F)c1. The minimum Gasteiger partial charge on any atom is -0.493 e. The van der Waals surface area contributed by atoms with Gasteiger partial charge in [0.2, 0.25) is 0 Å². The number of ether oxygens (including phenoxy) is 2. The predicted molar refractivity (Wildman–Crippen MR) is 91.1 cm³/mol. The third kappa shape index (κ3) is 4.23. The van der Waals surface area contributed by atoms with Crippen LogP contribution in [0.5, 0.6) is 11.5 Å². The molecule has 134 valence electrons. The summed E-state index contributed by atoms with van der Waals surface area (Å²) in [5.74, 6) is 0.371. The first kappa shape index (κ1) is 18.0. The van der Waals surface area contributed by atoms with Crippen LogP contribution in [0.4, 0.5) is 13.2 Å². The van der Waals surface area contributed by atoms with Crippen molar-refractivity contribution in [2.45, 2.75) is 6.36 Å². The fraction of sp³-hybridized carbons (Fsp3) is 0.111. The molecule has 0 spiro atoms. The first-order chi connectivity index (χ1) is 12.4. The fourth-order valence-electron chi connectivity index (χ4n) is 2.31. The van der Waals surface area contributed by atoms with Crippen molar-refractivity contribution in [2.75, 3.05) is 7.11 Å². The summed E-state index contributed by atoms with van der Waals surface area (Å²) in [4.78, 5) is 8.66. The van der Waals surface area contributed by atoms with E-state index in [1.165, 1.54) is 31.5 Å². The third-order valence-corrected chi connectivity index (χ3v) is 3.67. The molecule has 0 atom stereocenters. The highest BCUT2D eigenvalue weighted by Crippen LogP contribution is 2.33. The van der Waals surface area contributed by atoms with Gasteiger partial charge in [0, 0.05) is 16.1 Å². The van der Waals surface area contributed by atoms with Crippen LogP contribution in [0.1, 0.15) is 0 Å². The highest BCUT2D eigenvalue weighted by molar-refractivity contribution is 6.30. The molecular formula is C18H12ClF3N2O2. The van der Waals surface area contributed by atoms with E-state index >= 15 is 0 Å².